The molecule has 4 rings (SSSR count). The second kappa shape index (κ2) is 9.66. The molecule has 0 bridgehead atoms. The Kier molecular flexibility index (Phi) is 6.50. The Labute approximate surface area is 196 Å². The summed E-state index contributed by atoms with van der Waals surface area (Å²) in [4.78, 5) is 16.9. The maximum Gasteiger partial charge on any atom is 0.244 e. The second-order valence-corrected chi connectivity index (χ2v) is 7.88. The number of aromatic amines is 1. The highest BCUT2D eigenvalue weighted by atomic mass is 32.1. The molecule has 2 heterocycles. The summed E-state index contributed by atoms with van der Waals surface area (Å²) in [6, 6.07) is 16.9. The van der Waals surface area contributed by atoms with Gasteiger partial charge in [0.15, 0.2) is 22.1 Å². The molecule has 8 nitrogen and oxygen atoms in total. The largest absolute Gasteiger partial charge is 0.493 e. The third-order valence-corrected chi connectivity index (χ3v) is 5.24. The number of rotatable bonds is 7. The van der Waals surface area contributed by atoms with E-state index in [-0.39, 0.29) is 12.5 Å². The first kappa shape index (κ1) is 22.2. The quantitative estimate of drug-likeness (QED) is 0.374. The molecule has 2 N–H and O–H groups in total. The molecule has 0 fully saturated rings. The first-order valence-electron chi connectivity index (χ1n) is 10.2. The van der Waals surface area contributed by atoms with Gasteiger partial charge < -0.3 is 14.8 Å². The van der Waals surface area contributed by atoms with Crippen molar-refractivity contribution in [3.8, 4) is 28.8 Å². The molecule has 168 valence electrons. The lowest BCUT2D eigenvalue weighted by atomic mass is 10.1. The molecule has 0 atom stereocenters. The molecule has 0 spiro atoms. The van der Waals surface area contributed by atoms with Gasteiger partial charge in [-0.15, -0.1) is 0 Å². The van der Waals surface area contributed by atoms with E-state index in [4.69, 9.17) is 21.7 Å². The van der Waals surface area contributed by atoms with Crippen LogP contribution in [0.25, 0.3) is 11.4 Å². The zero-order valence-corrected chi connectivity index (χ0v) is 19.3. The van der Waals surface area contributed by atoms with Gasteiger partial charge in [-0.25, -0.2) is 4.98 Å². The van der Waals surface area contributed by atoms with Crippen molar-refractivity contribution in [2.45, 2.75) is 20.4 Å². The molecule has 9 heteroatoms. The van der Waals surface area contributed by atoms with Crippen LogP contribution in [-0.2, 0) is 11.3 Å². The van der Waals surface area contributed by atoms with E-state index in [0.29, 0.717) is 33.7 Å². The third-order valence-electron chi connectivity index (χ3n) is 4.92. The van der Waals surface area contributed by atoms with Crippen molar-refractivity contribution in [1.82, 2.24) is 19.7 Å². The number of nitrogens with zero attached hydrogens (tertiary/aromatic N) is 3. The van der Waals surface area contributed by atoms with Crippen molar-refractivity contribution in [3.63, 3.8) is 0 Å². The van der Waals surface area contributed by atoms with Crippen molar-refractivity contribution in [2.75, 3.05) is 12.4 Å². The van der Waals surface area contributed by atoms with Crippen LogP contribution >= 0.6 is 12.2 Å². The molecule has 0 unspecified atom stereocenters. The van der Waals surface area contributed by atoms with E-state index in [2.05, 4.69) is 20.5 Å². The topological polar surface area (TPSA) is 94.1 Å². The molecule has 0 aliphatic rings. The Morgan fingerprint density at radius 2 is 1.82 bits per heavy atom. The van der Waals surface area contributed by atoms with Crippen LogP contribution in [0.1, 0.15) is 11.1 Å². The minimum absolute atomic E-state index is 0.0113. The van der Waals surface area contributed by atoms with Crippen LogP contribution in [0, 0.1) is 18.6 Å². The van der Waals surface area contributed by atoms with Gasteiger partial charge in [0.2, 0.25) is 11.8 Å². The van der Waals surface area contributed by atoms with Gasteiger partial charge in [0, 0.05) is 11.6 Å². The van der Waals surface area contributed by atoms with Crippen molar-refractivity contribution in [3.05, 3.63) is 76.7 Å². The van der Waals surface area contributed by atoms with E-state index in [1.54, 1.807) is 23.8 Å². The summed E-state index contributed by atoms with van der Waals surface area (Å²) in [6.07, 6.45) is 1.53. The van der Waals surface area contributed by atoms with Crippen LogP contribution in [0.4, 0.5) is 5.69 Å². The van der Waals surface area contributed by atoms with Crippen LogP contribution in [0.15, 0.2) is 60.8 Å². The van der Waals surface area contributed by atoms with Gasteiger partial charge in [-0.05, 0) is 49.8 Å². The smallest absolute Gasteiger partial charge is 0.244 e. The van der Waals surface area contributed by atoms with Crippen molar-refractivity contribution >= 4 is 23.8 Å². The first-order chi connectivity index (χ1) is 15.9. The van der Waals surface area contributed by atoms with Crippen LogP contribution < -0.4 is 14.8 Å². The number of amides is 1. The molecule has 0 aliphatic carbocycles. The normalized spacial score (nSPS) is 10.6. The number of carbonyl (C=O) groups excluding carboxylic acids is 1. The fourth-order valence-electron chi connectivity index (χ4n) is 3.22. The van der Waals surface area contributed by atoms with E-state index in [1.165, 1.54) is 6.20 Å². The van der Waals surface area contributed by atoms with E-state index in [0.717, 1.165) is 16.7 Å². The maximum absolute atomic E-state index is 12.7. The van der Waals surface area contributed by atoms with Gasteiger partial charge in [0.1, 0.15) is 6.54 Å². The average molecular weight is 462 g/mol. The third kappa shape index (κ3) is 5.27. The van der Waals surface area contributed by atoms with Gasteiger partial charge in [-0.2, -0.15) is 5.10 Å². The van der Waals surface area contributed by atoms with Crippen molar-refractivity contribution < 1.29 is 14.3 Å². The molecule has 4 aromatic rings. The molecule has 0 saturated heterocycles. The number of pyridine rings is 1. The van der Waals surface area contributed by atoms with Crippen LogP contribution in [0.5, 0.6) is 17.4 Å². The second-order valence-electron chi connectivity index (χ2n) is 7.49. The number of anilines is 1. The van der Waals surface area contributed by atoms with Gasteiger partial charge >= 0.3 is 0 Å². The van der Waals surface area contributed by atoms with Gasteiger partial charge in [0.25, 0.3) is 0 Å². The fourth-order valence-corrected chi connectivity index (χ4v) is 3.41. The summed E-state index contributed by atoms with van der Waals surface area (Å²) in [5.41, 5.74) is 3.61. The zero-order chi connectivity index (χ0) is 23.4. The lowest BCUT2D eigenvalue weighted by Crippen LogP contribution is -2.19. The standard InChI is InChI=1S/C24H23N5O3S/c1-15-4-7-17(8-5-15)23-27-28-24(33)29(23)14-21(30)26-18-9-11-22(25-13-18)32-19-10-6-16(2)12-20(19)31-3/h4-13H,14H2,1-3H3,(H,26,30)(H,28,33). The number of carbonyl (C=O) groups is 1. The molecule has 1 amide bonds. The molecule has 0 aliphatic heterocycles. The molecule has 0 saturated carbocycles. The van der Waals surface area contributed by atoms with E-state index < -0.39 is 0 Å². The Morgan fingerprint density at radius 1 is 1.06 bits per heavy atom. The minimum atomic E-state index is -0.253. The van der Waals surface area contributed by atoms with Crippen LogP contribution in [0.3, 0.4) is 0 Å². The van der Waals surface area contributed by atoms with Gasteiger partial charge in [-0.1, -0.05) is 35.9 Å². The molecular formula is C24H23N5O3S. The zero-order valence-electron chi connectivity index (χ0n) is 18.5. The average Bonchev–Trinajstić information content (AvgIpc) is 3.16. The number of methoxy groups -OCH3 is 1. The Balaban J connectivity index is 1.43. The number of hydrogen-bond donors (Lipinski definition) is 2. The van der Waals surface area contributed by atoms with Crippen molar-refractivity contribution in [1.29, 1.82) is 0 Å². The number of H-pyrrole nitrogens is 1. The lowest BCUT2D eigenvalue weighted by molar-refractivity contribution is -0.116. The number of aryl methyl sites for hydroxylation is 2. The van der Waals surface area contributed by atoms with Gasteiger partial charge in [-0.3, -0.25) is 14.5 Å². The SMILES string of the molecule is COc1cc(C)ccc1Oc1ccc(NC(=O)Cn2c(-c3ccc(C)cc3)n[nH]c2=S)cn1. The van der Waals surface area contributed by atoms with Crippen LogP contribution in [-0.4, -0.2) is 32.8 Å². The number of benzene rings is 2. The summed E-state index contributed by atoms with van der Waals surface area (Å²) < 4.78 is 13.2. The number of hydrogen-bond acceptors (Lipinski definition) is 6. The molecule has 2 aromatic heterocycles. The monoisotopic (exact) mass is 461 g/mol. The highest BCUT2D eigenvalue weighted by molar-refractivity contribution is 7.71. The number of nitrogens with one attached hydrogen (secondary N) is 2. The minimum Gasteiger partial charge on any atom is -0.493 e. The summed E-state index contributed by atoms with van der Waals surface area (Å²) in [5.74, 6) is 1.91. The van der Waals surface area contributed by atoms with Crippen LogP contribution in [0.2, 0.25) is 0 Å². The predicted octanol–water partition coefficient (Wildman–Crippen LogP) is 5.06. The van der Waals surface area contributed by atoms with Gasteiger partial charge in [0.05, 0.1) is 19.0 Å². The lowest BCUT2D eigenvalue weighted by Gasteiger charge is -2.11. The van der Waals surface area contributed by atoms with E-state index in [1.807, 2.05) is 56.3 Å². The molecule has 0 radical (unpaired) electrons. The molecular weight excluding hydrogens is 438 g/mol. The number of aromatic nitrogens is 4. The summed E-state index contributed by atoms with van der Waals surface area (Å²) >= 11 is 5.32. The summed E-state index contributed by atoms with van der Waals surface area (Å²) in [6.45, 7) is 4.00. The predicted molar refractivity (Wildman–Crippen MR) is 128 cm³/mol. The van der Waals surface area contributed by atoms with E-state index in [9.17, 15) is 4.79 Å². The Bertz CT molecular complexity index is 1330. The Morgan fingerprint density at radius 3 is 2.52 bits per heavy atom. The highest BCUT2D eigenvalue weighted by Crippen LogP contribution is 2.31. The maximum atomic E-state index is 12.7. The molecule has 33 heavy (non-hydrogen) atoms. The molecule has 2 aromatic carbocycles. The highest BCUT2D eigenvalue weighted by Gasteiger charge is 2.13. The van der Waals surface area contributed by atoms with E-state index >= 15 is 0 Å². The summed E-state index contributed by atoms with van der Waals surface area (Å²) in [7, 11) is 1.59. The summed E-state index contributed by atoms with van der Waals surface area (Å²) in [5, 5.41) is 9.86. The van der Waals surface area contributed by atoms with Crippen molar-refractivity contribution in [2.24, 2.45) is 0 Å². The first-order valence-corrected chi connectivity index (χ1v) is 10.6. The fraction of sp³-hybridized carbons (Fsp3) is 0.167. The Hall–Kier alpha value is -3.98. The number of ether oxygens (including phenoxy) is 2.